The van der Waals surface area contributed by atoms with Crippen LogP contribution in [0.5, 0.6) is 11.5 Å². The van der Waals surface area contributed by atoms with Gasteiger partial charge in [0.05, 0.1) is 19.9 Å². The van der Waals surface area contributed by atoms with Crippen molar-refractivity contribution in [3.05, 3.63) is 53.6 Å². The molecule has 2 rings (SSSR count). The van der Waals surface area contributed by atoms with E-state index in [4.69, 9.17) is 15.2 Å². The fourth-order valence-electron chi connectivity index (χ4n) is 3.23. The summed E-state index contributed by atoms with van der Waals surface area (Å²) < 4.78 is 11.3. The molecule has 0 saturated carbocycles. The van der Waals surface area contributed by atoms with Crippen LogP contribution in [0, 0.1) is 0 Å². The van der Waals surface area contributed by atoms with Crippen molar-refractivity contribution in [2.75, 3.05) is 19.5 Å². The molecule has 0 heterocycles. The predicted molar refractivity (Wildman–Crippen MR) is 109 cm³/mol. The van der Waals surface area contributed by atoms with Gasteiger partial charge in [0, 0.05) is 16.6 Å². The minimum Gasteiger partial charge on any atom is -0.496 e. The number of methoxy groups -OCH3 is 2. The van der Waals surface area contributed by atoms with E-state index in [-0.39, 0.29) is 11.1 Å². The van der Waals surface area contributed by atoms with Crippen LogP contribution in [0.3, 0.4) is 0 Å². The van der Waals surface area contributed by atoms with Gasteiger partial charge in [-0.2, -0.15) is 0 Å². The molecule has 2 aromatic carbocycles. The summed E-state index contributed by atoms with van der Waals surface area (Å²) in [7, 11) is 3.38. The average Bonchev–Trinajstić information content (AvgIpc) is 2.55. The normalized spacial score (nSPS) is 12.0. The number of hydrogen-bond acceptors (Lipinski definition) is 4. The van der Waals surface area contributed by atoms with Crippen molar-refractivity contribution in [2.45, 2.75) is 51.6 Å². The molecule has 0 aromatic heterocycles. The summed E-state index contributed by atoms with van der Waals surface area (Å²) in [5.74, 6) is 1.62. The minimum absolute atomic E-state index is 0.172. The summed E-state index contributed by atoms with van der Waals surface area (Å²) in [6, 6.07) is 14.4. The Balaban J connectivity index is 2.42. The highest BCUT2D eigenvalue weighted by Crippen LogP contribution is 2.39. The van der Waals surface area contributed by atoms with E-state index in [9.17, 15) is 0 Å². The smallest absolute Gasteiger partial charge is 0.142 e. The van der Waals surface area contributed by atoms with Crippen LogP contribution in [0.25, 0.3) is 0 Å². The van der Waals surface area contributed by atoms with Crippen LogP contribution in [0.1, 0.15) is 38.8 Å². The summed E-state index contributed by atoms with van der Waals surface area (Å²) in [6.45, 7) is 8.42. The lowest BCUT2D eigenvalue weighted by atomic mass is 9.91. The van der Waals surface area contributed by atoms with Gasteiger partial charge in [-0.1, -0.05) is 30.3 Å². The Morgan fingerprint density at radius 3 is 1.96 bits per heavy atom. The van der Waals surface area contributed by atoms with Crippen LogP contribution in [0.2, 0.25) is 0 Å². The van der Waals surface area contributed by atoms with Crippen molar-refractivity contribution in [1.82, 2.24) is 0 Å². The third kappa shape index (κ3) is 5.40. The molecule has 0 aliphatic rings. The maximum Gasteiger partial charge on any atom is 0.142 e. The molecule has 0 spiro atoms. The van der Waals surface area contributed by atoms with Crippen molar-refractivity contribution in [1.29, 1.82) is 0 Å². The Kier molecular flexibility index (Phi) is 6.19. The van der Waals surface area contributed by atoms with E-state index in [1.54, 1.807) is 14.2 Å². The number of rotatable bonds is 8. The molecule has 4 heteroatoms. The van der Waals surface area contributed by atoms with Gasteiger partial charge < -0.3 is 20.5 Å². The number of anilines is 1. The molecule has 0 aliphatic carbocycles. The van der Waals surface area contributed by atoms with Crippen molar-refractivity contribution < 1.29 is 9.47 Å². The van der Waals surface area contributed by atoms with E-state index >= 15 is 0 Å². The molecule has 0 atom stereocenters. The number of hydrogen-bond donors (Lipinski definition) is 2. The van der Waals surface area contributed by atoms with Crippen molar-refractivity contribution in [3.63, 3.8) is 0 Å². The molecule has 0 bridgehead atoms. The van der Waals surface area contributed by atoms with E-state index in [1.807, 2.05) is 32.0 Å². The van der Waals surface area contributed by atoms with Crippen molar-refractivity contribution in [2.24, 2.45) is 5.73 Å². The molecule has 142 valence electrons. The Labute approximate surface area is 157 Å². The van der Waals surface area contributed by atoms with Gasteiger partial charge in [0.2, 0.25) is 0 Å². The highest BCUT2D eigenvalue weighted by molar-refractivity contribution is 5.68. The third-order valence-corrected chi connectivity index (χ3v) is 4.26. The molecule has 0 radical (unpaired) electrons. The van der Waals surface area contributed by atoms with Gasteiger partial charge in [-0.25, -0.2) is 0 Å². The zero-order valence-electron chi connectivity index (χ0n) is 16.8. The van der Waals surface area contributed by atoms with Gasteiger partial charge in [0.15, 0.2) is 0 Å². The van der Waals surface area contributed by atoms with E-state index < -0.39 is 0 Å². The molecular formula is C22H32N2O2. The van der Waals surface area contributed by atoms with Crippen LogP contribution in [0.4, 0.5) is 5.69 Å². The van der Waals surface area contributed by atoms with Gasteiger partial charge in [-0.15, -0.1) is 0 Å². The summed E-state index contributed by atoms with van der Waals surface area (Å²) in [5, 5.41) is 3.69. The fraction of sp³-hybridized carbons (Fsp3) is 0.455. The maximum atomic E-state index is 6.31. The molecule has 0 saturated heterocycles. The topological polar surface area (TPSA) is 56.5 Å². The lowest BCUT2D eigenvalue weighted by Crippen LogP contribution is -2.37. The second kappa shape index (κ2) is 8.00. The van der Waals surface area contributed by atoms with Gasteiger partial charge in [-0.05, 0) is 58.2 Å². The zero-order valence-corrected chi connectivity index (χ0v) is 16.8. The number of ether oxygens (including phenoxy) is 2. The fourth-order valence-corrected chi connectivity index (χ4v) is 3.23. The highest BCUT2D eigenvalue weighted by atomic mass is 16.5. The summed E-state index contributed by atoms with van der Waals surface area (Å²) in [6.07, 6.45) is 1.57. The van der Waals surface area contributed by atoms with Crippen molar-refractivity contribution in [3.8, 4) is 11.5 Å². The summed E-state index contributed by atoms with van der Waals surface area (Å²) in [5.41, 5.74) is 9.06. The van der Waals surface area contributed by atoms with Gasteiger partial charge in [-0.3, -0.25) is 0 Å². The molecule has 0 aliphatic heterocycles. The molecule has 2 aromatic rings. The predicted octanol–water partition coefficient (Wildman–Crippen LogP) is 4.42. The average molecular weight is 357 g/mol. The molecule has 0 amide bonds. The van der Waals surface area contributed by atoms with E-state index in [0.717, 1.165) is 29.2 Å². The highest BCUT2D eigenvalue weighted by Gasteiger charge is 2.26. The van der Waals surface area contributed by atoms with E-state index in [2.05, 4.69) is 43.4 Å². The quantitative estimate of drug-likeness (QED) is 0.735. The number of nitrogens with two attached hydrogens (primary N) is 1. The molecule has 0 fully saturated rings. The molecule has 3 N–H and O–H groups in total. The standard InChI is InChI=1S/C22H32N2O2/c1-21(2,23)15-17-18(25-5)12-13-19(26-6)20(17)24-22(3,4)14-16-10-8-7-9-11-16/h7-13,24H,14-15,23H2,1-6H3. The Hall–Kier alpha value is -2.20. The first kappa shape index (κ1) is 20.1. The summed E-state index contributed by atoms with van der Waals surface area (Å²) in [4.78, 5) is 0. The molecular weight excluding hydrogens is 324 g/mol. The zero-order chi connectivity index (χ0) is 19.4. The second-order valence-corrected chi connectivity index (χ2v) is 8.16. The Morgan fingerprint density at radius 2 is 1.42 bits per heavy atom. The second-order valence-electron chi connectivity index (χ2n) is 8.16. The van der Waals surface area contributed by atoms with Crippen LogP contribution in [-0.2, 0) is 12.8 Å². The van der Waals surface area contributed by atoms with Crippen molar-refractivity contribution >= 4 is 5.69 Å². The van der Waals surface area contributed by atoms with Gasteiger partial charge in [0.25, 0.3) is 0 Å². The molecule has 26 heavy (non-hydrogen) atoms. The van der Waals surface area contributed by atoms with Crippen LogP contribution >= 0.6 is 0 Å². The Morgan fingerprint density at radius 1 is 0.846 bits per heavy atom. The molecule has 4 nitrogen and oxygen atoms in total. The lowest BCUT2D eigenvalue weighted by molar-refractivity contribution is 0.392. The number of benzene rings is 2. The first-order valence-corrected chi connectivity index (χ1v) is 9.00. The van der Waals surface area contributed by atoms with Gasteiger partial charge in [0.1, 0.15) is 11.5 Å². The van der Waals surface area contributed by atoms with Crippen LogP contribution in [-0.4, -0.2) is 25.3 Å². The minimum atomic E-state index is -0.361. The first-order valence-electron chi connectivity index (χ1n) is 9.00. The third-order valence-electron chi connectivity index (χ3n) is 4.26. The SMILES string of the molecule is COc1ccc(OC)c(NC(C)(C)Cc2ccccc2)c1CC(C)(C)N. The van der Waals surface area contributed by atoms with Crippen LogP contribution in [0.15, 0.2) is 42.5 Å². The van der Waals surface area contributed by atoms with Crippen LogP contribution < -0.4 is 20.5 Å². The van der Waals surface area contributed by atoms with E-state index in [0.29, 0.717) is 6.42 Å². The van der Waals surface area contributed by atoms with E-state index in [1.165, 1.54) is 5.56 Å². The van der Waals surface area contributed by atoms with Gasteiger partial charge >= 0.3 is 0 Å². The number of nitrogens with one attached hydrogen (secondary N) is 1. The summed E-state index contributed by atoms with van der Waals surface area (Å²) >= 11 is 0. The lowest BCUT2D eigenvalue weighted by Gasteiger charge is -2.32. The Bertz CT molecular complexity index is 719. The first-order chi connectivity index (χ1) is 12.1. The monoisotopic (exact) mass is 356 g/mol. The maximum absolute atomic E-state index is 6.31. The largest absolute Gasteiger partial charge is 0.496 e. The molecule has 0 unspecified atom stereocenters.